The van der Waals surface area contributed by atoms with Crippen LogP contribution in [0.5, 0.6) is 0 Å². The normalized spacial score (nSPS) is 36.0. The lowest BCUT2D eigenvalue weighted by atomic mass is 9.83. The first kappa shape index (κ1) is 14.8. The highest BCUT2D eigenvalue weighted by Crippen LogP contribution is 2.43. The molecule has 2 saturated carbocycles. The van der Waals surface area contributed by atoms with Crippen LogP contribution in [0.25, 0.3) is 0 Å². The van der Waals surface area contributed by atoms with E-state index in [4.69, 9.17) is 4.74 Å². The lowest BCUT2D eigenvalue weighted by Crippen LogP contribution is -2.57. The molecule has 0 bridgehead atoms. The van der Waals surface area contributed by atoms with Crippen molar-refractivity contribution in [2.24, 2.45) is 5.92 Å². The second-order valence-corrected chi connectivity index (χ2v) is 6.87. The topological polar surface area (TPSA) is 58.6 Å². The number of carbonyl (C=O) groups is 2. The molecule has 1 heterocycles. The van der Waals surface area contributed by atoms with E-state index < -0.39 is 11.8 Å². The molecule has 5 heteroatoms. The van der Waals surface area contributed by atoms with E-state index in [1.165, 1.54) is 6.42 Å². The molecule has 3 aliphatic rings. The van der Waals surface area contributed by atoms with Gasteiger partial charge in [0.05, 0.1) is 6.61 Å². The molecule has 3 atom stereocenters. The third-order valence-corrected chi connectivity index (χ3v) is 4.99. The first-order chi connectivity index (χ1) is 10.1. The van der Waals surface area contributed by atoms with Crippen LogP contribution in [0, 0.1) is 5.92 Å². The van der Waals surface area contributed by atoms with Crippen LogP contribution < -0.4 is 5.32 Å². The average molecular weight is 294 g/mol. The van der Waals surface area contributed by atoms with Gasteiger partial charge in [0.15, 0.2) is 0 Å². The molecular weight excluding hydrogens is 268 g/mol. The molecule has 0 aromatic rings. The number of nitrogens with zero attached hydrogens (tertiary/aromatic N) is 1. The second-order valence-electron chi connectivity index (χ2n) is 6.87. The molecule has 2 amide bonds. The van der Waals surface area contributed by atoms with E-state index >= 15 is 0 Å². The van der Waals surface area contributed by atoms with Gasteiger partial charge in [0.2, 0.25) is 11.8 Å². The average Bonchev–Trinajstić information content (AvgIpc) is 3.19. The quantitative estimate of drug-likeness (QED) is 0.863. The summed E-state index contributed by atoms with van der Waals surface area (Å²) in [6.45, 7) is 4.41. The molecule has 21 heavy (non-hydrogen) atoms. The van der Waals surface area contributed by atoms with Crippen molar-refractivity contribution in [1.29, 1.82) is 0 Å². The third kappa shape index (κ3) is 2.80. The lowest BCUT2D eigenvalue weighted by molar-refractivity contribution is -0.162. The van der Waals surface area contributed by atoms with Crippen molar-refractivity contribution in [2.75, 3.05) is 6.61 Å². The zero-order valence-corrected chi connectivity index (χ0v) is 13.1. The van der Waals surface area contributed by atoms with Gasteiger partial charge in [-0.2, -0.15) is 0 Å². The SMILES string of the molecule is CCC(=O)N1C(C(=O)NC2CC2)COC12CCCC(C)C2. The fraction of sp³-hybridized carbons (Fsp3) is 0.875. The minimum absolute atomic E-state index is 0.0330. The number of nitrogens with one attached hydrogen (secondary N) is 1. The maximum atomic E-state index is 12.5. The predicted molar refractivity (Wildman–Crippen MR) is 78.4 cm³/mol. The highest BCUT2D eigenvalue weighted by atomic mass is 16.5. The van der Waals surface area contributed by atoms with Gasteiger partial charge in [0, 0.05) is 12.5 Å². The van der Waals surface area contributed by atoms with E-state index in [0.29, 0.717) is 25.0 Å². The summed E-state index contributed by atoms with van der Waals surface area (Å²) in [5.41, 5.74) is -0.531. The number of hydrogen-bond acceptors (Lipinski definition) is 3. The molecule has 1 spiro atoms. The summed E-state index contributed by atoms with van der Waals surface area (Å²) in [7, 11) is 0. The van der Waals surface area contributed by atoms with Crippen LogP contribution in [-0.4, -0.2) is 41.1 Å². The molecule has 0 aromatic carbocycles. The van der Waals surface area contributed by atoms with Gasteiger partial charge in [-0.05, 0) is 38.0 Å². The van der Waals surface area contributed by atoms with Gasteiger partial charge in [-0.1, -0.05) is 20.3 Å². The van der Waals surface area contributed by atoms with Crippen molar-refractivity contribution in [3.63, 3.8) is 0 Å². The molecule has 0 radical (unpaired) electrons. The number of rotatable bonds is 3. The van der Waals surface area contributed by atoms with Crippen LogP contribution in [0.15, 0.2) is 0 Å². The number of hydrogen-bond donors (Lipinski definition) is 1. The molecule has 0 aromatic heterocycles. The minimum Gasteiger partial charge on any atom is -0.353 e. The summed E-state index contributed by atoms with van der Waals surface area (Å²) in [5, 5.41) is 3.03. The van der Waals surface area contributed by atoms with Gasteiger partial charge in [-0.15, -0.1) is 0 Å². The molecule has 3 unspecified atom stereocenters. The van der Waals surface area contributed by atoms with Crippen LogP contribution in [0.4, 0.5) is 0 Å². The molecule has 5 nitrogen and oxygen atoms in total. The standard InChI is InChI=1S/C16H26N2O3/c1-3-14(19)18-13(15(20)17-12-6-7-12)10-21-16(18)8-4-5-11(2)9-16/h11-13H,3-10H2,1-2H3,(H,17,20). The van der Waals surface area contributed by atoms with Crippen molar-refractivity contribution >= 4 is 11.8 Å². The molecule has 3 fully saturated rings. The van der Waals surface area contributed by atoms with E-state index in [1.807, 2.05) is 6.92 Å². The van der Waals surface area contributed by atoms with E-state index in [-0.39, 0.29) is 11.8 Å². The second kappa shape index (κ2) is 5.59. The Morgan fingerprint density at radius 3 is 2.71 bits per heavy atom. The fourth-order valence-corrected chi connectivity index (χ4v) is 3.78. The minimum atomic E-state index is -0.531. The Balaban J connectivity index is 1.80. The van der Waals surface area contributed by atoms with Crippen LogP contribution in [0.3, 0.4) is 0 Å². The van der Waals surface area contributed by atoms with Gasteiger partial charge in [-0.25, -0.2) is 0 Å². The highest BCUT2D eigenvalue weighted by molar-refractivity contribution is 5.89. The third-order valence-electron chi connectivity index (χ3n) is 4.99. The highest BCUT2D eigenvalue weighted by Gasteiger charge is 2.53. The van der Waals surface area contributed by atoms with Crippen molar-refractivity contribution in [1.82, 2.24) is 10.2 Å². The van der Waals surface area contributed by atoms with Gasteiger partial charge in [-0.3, -0.25) is 14.5 Å². The van der Waals surface area contributed by atoms with E-state index in [9.17, 15) is 9.59 Å². The molecule has 3 rings (SSSR count). The Kier molecular flexibility index (Phi) is 3.95. The largest absolute Gasteiger partial charge is 0.353 e. The van der Waals surface area contributed by atoms with E-state index in [2.05, 4.69) is 12.2 Å². The van der Waals surface area contributed by atoms with Crippen LogP contribution in [0.1, 0.15) is 58.8 Å². The maximum absolute atomic E-state index is 12.5. The summed E-state index contributed by atoms with van der Waals surface area (Å²) in [4.78, 5) is 26.7. The smallest absolute Gasteiger partial charge is 0.245 e. The molecule has 1 N–H and O–H groups in total. The summed E-state index contributed by atoms with van der Waals surface area (Å²) < 4.78 is 6.07. The fourth-order valence-electron chi connectivity index (χ4n) is 3.78. The summed E-state index contributed by atoms with van der Waals surface area (Å²) >= 11 is 0. The monoisotopic (exact) mass is 294 g/mol. The van der Waals surface area contributed by atoms with Crippen LogP contribution in [-0.2, 0) is 14.3 Å². The Bertz CT molecular complexity index is 433. The van der Waals surface area contributed by atoms with Crippen molar-refractivity contribution in [2.45, 2.75) is 76.6 Å². The summed E-state index contributed by atoms with van der Waals surface area (Å²) in [6, 6.07) is -0.124. The molecule has 1 saturated heterocycles. The van der Waals surface area contributed by atoms with Crippen molar-refractivity contribution in [3.05, 3.63) is 0 Å². The van der Waals surface area contributed by atoms with Crippen molar-refractivity contribution in [3.8, 4) is 0 Å². The molecule has 118 valence electrons. The Morgan fingerprint density at radius 1 is 1.33 bits per heavy atom. The zero-order chi connectivity index (χ0) is 15.0. The van der Waals surface area contributed by atoms with Gasteiger partial charge in [0.25, 0.3) is 0 Å². The Hall–Kier alpha value is -1.10. The maximum Gasteiger partial charge on any atom is 0.245 e. The van der Waals surface area contributed by atoms with Crippen LogP contribution >= 0.6 is 0 Å². The molecule has 2 aliphatic carbocycles. The number of amides is 2. The first-order valence-corrected chi connectivity index (χ1v) is 8.32. The first-order valence-electron chi connectivity index (χ1n) is 8.32. The van der Waals surface area contributed by atoms with E-state index in [0.717, 1.165) is 32.1 Å². The summed E-state index contributed by atoms with van der Waals surface area (Å²) in [6.07, 6.45) is 6.49. The van der Waals surface area contributed by atoms with Crippen LogP contribution in [0.2, 0.25) is 0 Å². The zero-order valence-electron chi connectivity index (χ0n) is 13.1. The Labute approximate surface area is 126 Å². The van der Waals surface area contributed by atoms with Gasteiger partial charge < -0.3 is 10.1 Å². The summed E-state index contributed by atoms with van der Waals surface area (Å²) in [5.74, 6) is 0.545. The lowest BCUT2D eigenvalue weighted by Gasteiger charge is -2.43. The molecular formula is C16H26N2O3. The van der Waals surface area contributed by atoms with E-state index in [1.54, 1.807) is 4.90 Å². The van der Waals surface area contributed by atoms with Gasteiger partial charge in [0.1, 0.15) is 11.8 Å². The number of ether oxygens (including phenoxy) is 1. The Morgan fingerprint density at radius 2 is 2.10 bits per heavy atom. The van der Waals surface area contributed by atoms with Gasteiger partial charge >= 0.3 is 0 Å². The van der Waals surface area contributed by atoms with Crippen molar-refractivity contribution < 1.29 is 14.3 Å². The predicted octanol–water partition coefficient (Wildman–Crippen LogP) is 1.81. The number of carbonyl (C=O) groups excluding carboxylic acids is 2. The molecule has 1 aliphatic heterocycles.